The first-order valence-corrected chi connectivity index (χ1v) is 8.25. The molecule has 0 spiro atoms. The summed E-state index contributed by atoms with van der Waals surface area (Å²) in [7, 11) is 0. The Hall–Kier alpha value is -2.40. The van der Waals surface area contributed by atoms with E-state index in [9.17, 15) is 9.59 Å². The van der Waals surface area contributed by atoms with E-state index in [1.54, 1.807) is 11.3 Å². The minimum Gasteiger partial charge on any atom is -0.366 e. The number of fused-ring (bicyclic) bond motifs is 1. The number of hydrogen-bond acceptors (Lipinski definition) is 4. The van der Waals surface area contributed by atoms with Crippen molar-refractivity contribution in [2.24, 2.45) is 5.73 Å². The fraction of sp³-hybridized carbons (Fsp3) is 0.222. The van der Waals surface area contributed by atoms with E-state index >= 15 is 0 Å². The molecule has 1 aliphatic rings. The molecule has 0 bridgehead atoms. The molecule has 1 aliphatic heterocycles. The number of ketones is 1. The van der Waals surface area contributed by atoms with Crippen molar-refractivity contribution in [2.45, 2.75) is 26.7 Å². The molecule has 1 unspecified atom stereocenters. The van der Waals surface area contributed by atoms with Crippen molar-refractivity contribution < 1.29 is 9.59 Å². The standard InChI is InChI=1S/C18H18N2O2S/c1-9-15(11(3)21)17(16(18(19)22)10(2)20-9)13-8-23-14-7-5-4-6-12(13)14/h4-8,17,20H,1-3H3,(H2,19,22). The molecule has 0 saturated carbocycles. The number of hydrogen-bond donors (Lipinski definition) is 2. The summed E-state index contributed by atoms with van der Waals surface area (Å²) in [6.07, 6.45) is 0. The maximum atomic E-state index is 12.3. The number of nitrogens with one attached hydrogen (secondary N) is 1. The van der Waals surface area contributed by atoms with Gasteiger partial charge in [0.05, 0.1) is 0 Å². The van der Waals surface area contributed by atoms with E-state index in [1.807, 2.05) is 43.5 Å². The number of carbonyl (C=O) groups excluding carboxylic acids is 2. The summed E-state index contributed by atoms with van der Waals surface area (Å²) in [5.41, 5.74) is 9.16. The SMILES string of the molecule is CC(=O)C1=C(C)NC(C)=C(C(N)=O)C1c1csc2ccccc12. The lowest BCUT2D eigenvalue weighted by atomic mass is 9.78. The zero-order valence-corrected chi connectivity index (χ0v) is 14.1. The van der Waals surface area contributed by atoms with Gasteiger partial charge in [-0.05, 0) is 43.2 Å². The molecule has 1 aromatic heterocycles. The number of rotatable bonds is 3. The van der Waals surface area contributed by atoms with Crippen LogP contribution >= 0.6 is 11.3 Å². The molecule has 4 nitrogen and oxygen atoms in total. The molecular formula is C18H18N2O2S. The lowest BCUT2D eigenvalue weighted by Crippen LogP contribution is -2.33. The molecule has 2 aromatic rings. The fourth-order valence-corrected chi connectivity index (χ4v) is 4.31. The summed E-state index contributed by atoms with van der Waals surface area (Å²) in [6, 6.07) is 8.00. The monoisotopic (exact) mass is 326 g/mol. The minimum absolute atomic E-state index is 0.0541. The van der Waals surface area contributed by atoms with Crippen LogP contribution in [0, 0.1) is 0 Å². The predicted octanol–water partition coefficient (Wildman–Crippen LogP) is 3.21. The Morgan fingerprint density at radius 3 is 2.43 bits per heavy atom. The van der Waals surface area contributed by atoms with E-state index in [0.29, 0.717) is 16.8 Å². The summed E-state index contributed by atoms with van der Waals surface area (Å²) >= 11 is 1.61. The van der Waals surface area contributed by atoms with Crippen molar-refractivity contribution in [1.29, 1.82) is 0 Å². The first-order valence-electron chi connectivity index (χ1n) is 7.37. The Bertz CT molecular complexity index is 853. The van der Waals surface area contributed by atoms with Crippen molar-refractivity contribution >= 4 is 33.1 Å². The van der Waals surface area contributed by atoms with Crippen LogP contribution in [-0.2, 0) is 9.59 Å². The molecule has 3 rings (SSSR count). The van der Waals surface area contributed by atoms with Gasteiger partial charge < -0.3 is 11.1 Å². The van der Waals surface area contributed by atoms with E-state index in [4.69, 9.17) is 5.73 Å². The largest absolute Gasteiger partial charge is 0.366 e. The second kappa shape index (κ2) is 5.66. The average molecular weight is 326 g/mol. The molecule has 0 aliphatic carbocycles. The van der Waals surface area contributed by atoms with Crippen LogP contribution in [0.3, 0.4) is 0 Å². The van der Waals surface area contributed by atoms with Crippen molar-refractivity contribution in [3.63, 3.8) is 0 Å². The molecule has 5 heteroatoms. The number of allylic oxidation sites excluding steroid dienone is 3. The van der Waals surface area contributed by atoms with E-state index in [0.717, 1.165) is 21.3 Å². The smallest absolute Gasteiger partial charge is 0.247 e. The number of nitrogens with two attached hydrogens (primary N) is 1. The van der Waals surface area contributed by atoms with Gasteiger partial charge in [-0.25, -0.2) is 0 Å². The van der Waals surface area contributed by atoms with Gasteiger partial charge in [0.15, 0.2) is 5.78 Å². The zero-order valence-electron chi connectivity index (χ0n) is 13.3. The van der Waals surface area contributed by atoms with Gasteiger partial charge in [0, 0.05) is 33.2 Å². The van der Waals surface area contributed by atoms with E-state index in [-0.39, 0.29) is 5.78 Å². The number of Topliss-reactive ketones (excluding diaryl/α,β-unsaturated/α-hetero) is 1. The number of primary amides is 1. The highest BCUT2D eigenvalue weighted by Crippen LogP contribution is 2.42. The number of dihydropyridines is 1. The van der Waals surface area contributed by atoms with E-state index in [2.05, 4.69) is 5.32 Å². The third-order valence-electron chi connectivity index (χ3n) is 4.23. The molecule has 118 valence electrons. The van der Waals surface area contributed by atoms with E-state index < -0.39 is 11.8 Å². The highest BCUT2D eigenvalue weighted by Gasteiger charge is 2.35. The molecule has 0 saturated heterocycles. The third kappa shape index (κ3) is 2.47. The predicted molar refractivity (Wildman–Crippen MR) is 93.0 cm³/mol. The van der Waals surface area contributed by atoms with E-state index in [1.165, 1.54) is 6.92 Å². The molecule has 23 heavy (non-hydrogen) atoms. The van der Waals surface area contributed by atoms with Gasteiger partial charge in [-0.3, -0.25) is 9.59 Å². The Morgan fingerprint density at radius 1 is 1.13 bits per heavy atom. The quantitative estimate of drug-likeness (QED) is 0.909. The van der Waals surface area contributed by atoms with Crippen LogP contribution in [0.25, 0.3) is 10.1 Å². The van der Waals surface area contributed by atoms with Crippen LogP contribution in [-0.4, -0.2) is 11.7 Å². The highest BCUT2D eigenvalue weighted by molar-refractivity contribution is 7.17. The topological polar surface area (TPSA) is 72.2 Å². The van der Waals surface area contributed by atoms with Crippen molar-refractivity contribution in [2.75, 3.05) is 0 Å². The van der Waals surface area contributed by atoms with Gasteiger partial charge in [0.25, 0.3) is 0 Å². The molecule has 1 amide bonds. The lowest BCUT2D eigenvalue weighted by molar-refractivity contribution is -0.115. The maximum Gasteiger partial charge on any atom is 0.247 e. The third-order valence-corrected chi connectivity index (χ3v) is 5.21. The van der Waals surface area contributed by atoms with Crippen molar-refractivity contribution in [1.82, 2.24) is 5.32 Å². The molecule has 0 radical (unpaired) electrons. The Kier molecular flexibility index (Phi) is 3.82. The summed E-state index contributed by atoms with van der Waals surface area (Å²) in [6.45, 7) is 5.21. The highest BCUT2D eigenvalue weighted by atomic mass is 32.1. The average Bonchev–Trinajstić information content (AvgIpc) is 2.89. The summed E-state index contributed by atoms with van der Waals surface area (Å²) in [5.74, 6) is -0.967. The molecule has 1 aromatic carbocycles. The first kappa shape index (κ1) is 15.5. The van der Waals surface area contributed by atoms with Gasteiger partial charge in [-0.1, -0.05) is 18.2 Å². The van der Waals surface area contributed by atoms with Crippen LogP contribution in [0.4, 0.5) is 0 Å². The summed E-state index contributed by atoms with van der Waals surface area (Å²) < 4.78 is 1.13. The second-order valence-electron chi connectivity index (χ2n) is 5.74. The zero-order chi connectivity index (χ0) is 16.7. The minimum atomic E-state index is -0.499. The number of thiophene rings is 1. The summed E-state index contributed by atoms with van der Waals surface area (Å²) in [4.78, 5) is 24.3. The first-order chi connectivity index (χ1) is 10.9. The van der Waals surface area contributed by atoms with Crippen LogP contribution in [0.15, 0.2) is 52.2 Å². The fourth-order valence-electron chi connectivity index (χ4n) is 3.32. The molecule has 3 N–H and O–H groups in total. The number of carbonyl (C=O) groups is 2. The lowest BCUT2D eigenvalue weighted by Gasteiger charge is -2.29. The number of amides is 1. The number of benzene rings is 1. The Labute approximate surface area is 138 Å². The van der Waals surface area contributed by atoms with Gasteiger partial charge in [-0.2, -0.15) is 0 Å². The van der Waals surface area contributed by atoms with Crippen LogP contribution in [0.5, 0.6) is 0 Å². The van der Waals surface area contributed by atoms with Crippen LogP contribution < -0.4 is 11.1 Å². The Balaban J connectivity index is 2.31. The summed E-state index contributed by atoms with van der Waals surface area (Å²) in [5, 5.41) is 6.20. The molecule has 2 heterocycles. The molecule has 0 fully saturated rings. The van der Waals surface area contributed by atoms with Crippen molar-refractivity contribution in [3.8, 4) is 0 Å². The van der Waals surface area contributed by atoms with Gasteiger partial charge in [-0.15, -0.1) is 11.3 Å². The van der Waals surface area contributed by atoms with Crippen LogP contribution in [0.2, 0.25) is 0 Å². The molecule has 1 atom stereocenters. The Morgan fingerprint density at radius 2 is 1.78 bits per heavy atom. The van der Waals surface area contributed by atoms with Gasteiger partial charge in [0.1, 0.15) is 0 Å². The maximum absolute atomic E-state index is 12.3. The van der Waals surface area contributed by atoms with Crippen molar-refractivity contribution in [3.05, 3.63) is 57.7 Å². The second-order valence-corrected chi connectivity index (χ2v) is 6.65. The van der Waals surface area contributed by atoms with Crippen LogP contribution in [0.1, 0.15) is 32.3 Å². The normalized spacial score (nSPS) is 18.3. The van der Waals surface area contributed by atoms with Gasteiger partial charge in [0.2, 0.25) is 5.91 Å². The van der Waals surface area contributed by atoms with Gasteiger partial charge >= 0.3 is 0 Å². The molecular weight excluding hydrogens is 308 g/mol.